The van der Waals surface area contributed by atoms with Crippen LogP contribution < -0.4 is 4.90 Å². The van der Waals surface area contributed by atoms with E-state index in [1.807, 2.05) is 22.7 Å². The van der Waals surface area contributed by atoms with E-state index in [-0.39, 0.29) is 0 Å². The quantitative estimate of drug-likeness (QED) is 0.174. The fourth-order valence-corrected chi connectivity index (χ4v) is 10.1. The Hall–Kier alpha value is -6.20. The van der Waals surface area contributed by atoms with Crippen molar-refractivity contribution in [3.63, 3.8) is 0 Å². The number of rotatable bonds is 5. The average molecular weight is 699 g/mol. The van der Waals surface area contributed by atoms with Crippen molar-refractivity contribution in [2.45, 2.75) is 0 Å². The summed E-state index contributed by atoms with van der Waals surface area (Å²) in [5.74, 6) is 0. The zero-order chi connectivity index (χ0) is 34.2. The van der Waals surface area contributed by atoms with Crippen LogP contribution in [0, 0.1) is 0 Å². The monoisotopic (exact) mass is 698 g/mol. The predicted octanol–water partition coefficient (Wildman–Crippen LogP) is 14.7. The van der Waals surface area contributed by atoms with Crippen LogP contribution in [0.2, 0.25) is 0 Å². The second-order valence-electron chi connectivity index (χ2n) is 13.4. The molecule has 2 nitrogen and oxygen atoms in total. The van der Waals surface area contributed by atoms with Crippen LogP contribution in [0.25, 0.3) is 79.0 Å². The van der Waals surface area contributed by atoms with Gasteiger partial charge in [0.1, 0.15) is 0 Å². The molecule has 0 spiro atoms. The molecule has 0 saturated heterocycles. The van der Waals surface area contributed by atoms with Crippen LogP contribution in [0.3, 0.4) is 0 Å². The summed E-state index contributed by atoms with van der Waals surface area (Å²) in [4.78, 5) is 2.41. The van der Waals surface area contributed by atoms with Gasteiger partial charge in [-0.2, -0.15) is 0 Å². The Kier molecular flexibility index (Phi) is 6.63. The van der Waals surface area contributed by atoms with Crippen LogP contribution >= 0.6 is 22.7 Å². The fraction of sp³-hybridized carbons (Fsp3) is 0. The molecule has 0 unspecified atom stereocenters. The van der Waals surface area contributed by atoms with E-state index in [1.165, 1.54) is 73.3 Å². The number of fused-ring (bicyclic) bond motifs is 9. The minimum Gasteiger partial charge on any atom is -0.310 e. The summed E-state index contributed by atoms with van der Waals surface area (Å²) in [5, 5.41) is 7.74. The van der Waals surface area contributed by atoms with E-state index in [2.05, 4.69) is 191 Å². The number of hydrogen-bond donors (Lipinski definition) is 0. The molecule has 11 aromatic rings. The number of hydrogen-bond acceptors (Lipinski definition) is 3. The predicted molar refractivity (Wildman–Crippen MR) is 227 cm³/mol. The molecule has 0 radical (unpaired) electrons. The van der Waals surface area contributed by atoms with E-state index in [9.17, 15) is 0 Å². The smallest absolute Gasteiger partial charge is 0.0561 e. The maximum absolute atomic E-state index is 2.41. The lowest BCUT2D eigenvalue weighted by atomic mass is 10.0. The molecule has 0 N–H and O–H groups in total. The van der Waals surface area contributed by atoms with Crippen LogP contribution in [0.5, 0.6) is 0 Å². The normalized spacial score (nSPS) is 11.8. The summed E-state index contributed by atoms with van der Waals surface area (Å²) in [5.41, 5.74) is 9.36. The average Bonchev–Trinajstić information content (AvgIpc) is 3.87. The first-order valence-corrected chi connectivity index (χ1v) is 19.2. The lowest BCUT2D eigenvalue weighted by molar-refractivity contribution is 1.18. The third kappa shape index (κ3) is 4.62. The minimum atomic E-state index is 1.12. The third-order valence-corrected chi connectivity index (χ3v) is 12.7. The zero-order valence-electron chi connectivity index (χ0n) is 28.0. The fourth-order valence-electron chi connectivity index (χ4n) is 7.96. The van der Waals surface area contributed by atoms with Crippen LogP contribution in [-0.4, -0.2) is 4.57 Å². The van der Waals surface area contributed by atoms with Gasteiger partial charge in [0.05, 0.1) is 11.0 Å². The first kappa shape index (κ1) is 29.5. The zero-order valence-corrected chi connectivity index (χ0v) is 29.7. The molecule has 0 atom stereocenters. The van der Waals surface area contributed by atoms with Crippen molar-refractivity contribution >= 4 is 102 Å². The molecule has 0 amide bonds. The first-order valence-electron chi connectivity index (χ1n) is 17.6. The van der Waals surface area contributed by atoms with Crippen molar-refractivity contribution in [2.75, 3.05) is 4.90 Å². The van der Waals surface area contributed by atoms with Gasteiger partial charge >= 0.3 is 0 Å². The molecule has 52 heavy (non-hydrogen) atoms. The Labute approximate surface area is 308 Å². The Balaban J connectivity index is 1.10. The summed E-state index contributed by atoms with van der Waals surface area (Å²) in [7, 11) is 0. The highest BCUT2D eigenvalue weighted by molar-refractivity contribution is 7.26. The molecule has 0 aliphatic rings. The van der Waals surface area contributed by atoms with Gasteiger partial charge in [-0.05, 0) is 96.1 Å². The molecule has 0 fully saturated rings. The summed E-state index contributed by atoms with van der Waals surface area (Å²) < 4.78 is 7.67. The topological polar surface area (TPSA) is 8.17 Å². The second kappa shape index (κ2) is 11.7. The third-order valence-electron chi connectivity index (χ3n) is 10.4. The van der Waals surface area contributed by atoms with Gasteiger partial charge in [0.2, 0.25) is 0 Å². The van der Waals surface area contributed by atoms with E-state index in [4.69, 9.17) is 0 Å². The van der Waals surface area contributed by atoms with Gasteiger partial charge in [0, 0.05) is 73.9 Å². The van der Waals surface area contributed by atoms with E-state index < -0.39 is 0 Å². The largest absolute Gasteiger partial charge is 0.310 e. The van der Waals surface area contributed by atoms with Crippen molar-refractivity contribution in [1.29, 1.82) is 0 Å². The minimum absolute atomic E-state index is 1.12. The van der Waals surface area contributed by atoms with E-state index in [0.29, 0.717) is 0 Å². The van der Waals surface area contributed by atoms with Crippen molar-refractivity contribution in [2.24, 2.45) is 0 Å². The van der Waals surface area contributed by atoms with Crippen LogP contribution in [0.15, 0.2) is 182 Å². The van der Waals surface area contributed by atoms with Crippen molar-refractivity contribution in [3.8, 4) is 16.8 Å². The molecule has 0 saturated carbocycles. The summed E-state index contributed by atoms with van der Waals surface area (Å²) in [6.45, 7) is 0. The van der Waals surface area contributed by atoms with Gasteiger partial charge < -0.3 is 9.47 Å². The second-order valence-corrected chi connectivity index (χ2v) is 15.5. The summed E-state index contributed by atoms with van der Waals surface area (Å²) in [6.07, 6.45) is 0. The van der Waals surface area contributed by atoms with Crippen LogP contribution in [0.1, 0.15) is 0 Å². The van der Waals surface area contributed by atoms with Crippen molar-refractivity contribution in [3.05, 3.63) is 182 Å². The maximum atomic E-state index is 2.41. The van der Waals surface area contributed by atoms with Crippen molar-refractivity contribution < 1.29 is 0 Å². The number of nitrogens with zero attached hydrogens (tertiary/aromatic N) is 2. The van der Waals surface area contributed by atoms with E-state index >= 15 is 0 Å². The maximum Gasteiger partial charge on any atom is 0.0561 e. The van der Waals surface area contributed by atoms with E-state index in [0.717, 1.165) is 22.7 Å². The Bertz CT molecular complexity index is 3130. The van der Waals surface area contributed by atoms with Gasteiger partial charge in [-0.3, -0.25) is 0 Å². The summed E-state index contributed by atoms with van der Waals surface area (Å²) >= 11 is 3.72. The number of benzene rings is 8. The molecule has 8 aromatic carbocycles. The Morgan fingerprint density at radius 3 is 1.60 bits per heavy atom. The Morgan fingerprint density at radius 1 is 0.327 bits per heavy atom. The molecular formula is C48H30N2S2. The van der Waals surface area contributed by atoms with Gasteiger partial charge in [-0.25, -0.2) is 0 Å². The molecule has 11 rings (SSSR count). The number of anilines is 3. The highest BCUT2D eigenvalue weighted by Crippen LogP contribution is 2.43. The molecule has 0 aliphatic carbocycles. The number of para-hydroxylation sites is 2. The van der Waals surface area contributed by atoms with Gasteiger partial charge in [-0.1, -0.05) is 97.1 Å². The molecule has 3 aromatic heterocycles. The van der Waals surface area contributed by atoms with Gasteiger partial charge in [0.25, 0.3) is 0 Å². The molecule has 0 bridgehead atoms. The SMILES string of the molecule is c1ccc(-n2c3ccccc3c3ccc(N(c4ccc(-c5ccc6sc7ccccc7c6c5)cc4)c4ccc5sc6ccccc6c5c4)cc32)cc1. The van der Waals surface area contributed by atoms with Gasteiger partial charge in [0.15, 0.2) is 0 Å². The number of aromatic nitrogens is 1. The van der Waals surface area contributed by atoms with Crippen LogP contribution in [0.4, 0.5) is 17.1 Å². The highest BCUT2D eigenvalue weighted by Gasteiger charge is 2.19. The first-order chi connectivity index (χ1) is 25.8. The molecule has 0 aliphatic heterocycles. The van der Waals surface area contributed by atoms with Crippen LogP contribution in [-0.2, 0) is 0 Å². The van der Waals surface area contributed by atoms with Crippen molar-refractivity contribution in [1.82, 2.24) is 4.57 Å². The van der Waals surface area contributed by atoms with E-state index in [1.54, 1.807) is 0 Å². The lowest BCUT2D eigenvalue weighted by Crippen LogP contribution is -2.10. The summed E-state index contributed by atoms with van der Waals surface area (Å²) in [6, 6.07) is 66.8. The molecule has 244 valence electrons. The molecule has 4 heteroatoms. The highest BCUT2D eigenvalue weighted by atomic mass is 32.1. The number of thiophene rings is 2. The van der Waals surface area contributed by atoms with Gasteiger partial charge in [-0.15, -0.1) is 22.7 Å². The standard InChI is InChI=1S/C48H30N2S2/c1-2-10-33(11-3-1)50-43-15-7-4-12-37(43)38-25-23-36(30-44(38)50)49(35-24-27-48-42(29-35)40-14-6-9-17-46(40)52-48)34-21-18-31(19-22-34)32-20-26-47-41(28-32)39-13-5-8-16-45(39)51-47/h1-30H. The molecular weight excluding hydrogens is 669 g/mol. The molecule has 3 heterocycles. The Morgan fingerprint density at radius 2 is 0.846 bits per heavy atom. The lowest BCUT2D eigenvalue weighted by Gasteiger charge is -2.26.